The lowest BCUT2D eigenvalue weighted by Crippen LogP contribution is -2.31. The van der Waals surface area contributed by atoms with Crippen LogP contribution in [0.5, 0.6) is 11.5 Å². The molecular formula is C15H25NO2. The largest absolute Gasteiger partial charge is 0.493 e. The molecule has 0 aliphatic rings. The molecule has 1 rings (SSSR count). The maximum atomic E-state index is 5.85. The molecule has 0 aliphatic heterocycles. The SMILES string of the molecule is CCCC(COc1ccc(CC)cc1OC)NC. The predicted octanol–water partition coefficient (Wildman–Crippen LogP) is 3.02. The topological polar surface area (TPSA) is 30.5 Å². The highest BCUT2D eigenvalue weighted by atomic mass is 16.5. The van der Waals surface area contributed by atoms with E-state index < -0.39 is 0 Å². The Kier molecular flexibility index (Phi) is 6.58. The van der Waals surface area contributed by atoms with Gasteiger partial charge in [-0.25, -0.2) is 0 Å². The quantitative estimate of drug-likeness (QED) is 0.770. The van der Waals surface area contributed by atoms with Gasteiger partial charge in [-0.05, 0) is 37.6 Å². The third-order valence-corrected chi connectivity index (χ3v) is 3.12. The van der Waals surface area contributed by atoms with E-state index in [-0.39, 0.29) is 0 Å². The summed E-state index contributed by atoms with van der Waals surface area (Å²) in [6, 6.07) is 6.52. The van der Waals surface area contributed by atoms with E-state index in [0.29, 0.717) is 12.6 Å². The molecule has 1 atom stereocenters. The molecule has 1 unspecified atom stereocenters. The smallest absolute Gasteiger partial charge is 0.161 e. The Bertz CT molecular complexity index is 352. The van der Waals surface area contributed by atoms with Crippen LogP contribution in [-0.4, -0.2) is 26.8 Å². The van der Waals surface area contributed by atoms with Crippen LogP contribution >= 0.6 is 0 Å². The fraction of sp³-hybridized carbons (Fsp3) is 0.600. The minimum atomic E-state index is 0.394. The minimum absolute atomic E-state index is 0.394. The number of ether oxygens (including phenoxy) is 2. The van der Waals surface area contributed by atoms with Gasteiger partial charge in [0.2, 0.25) is 0 Å². The van der Waals surface area contributed by atoms with Crippen molar-refractivity contribution in [3.63, 3.8) is 0 Å². The number of hydrogen-bond acceptors (Lipinski definition) is 3. The maximum absolute atomic E-state index is 5.85. The van der Waals surface area contributed by atoms with E-state index in [4.69, 9.17) is 9.47 Å². The van der Waals surface area contributed by atoms with Crippen molar-refractivity contribution in [2.75, 3.05) is 20.8 Å². The lowest BCUT2D eigenvalue weighted by molar-refractivity contribution is 0.250. The average Bonchev–Trinajstić information content (AvgIpc) is 2.43. The Morgan fingerprint density at radius 1 is 1.22 bits per heavy atom. The number of likely N-dealkylation sites (N-methyl/N-ethyl adjacent to an activating group) is 1. The molecule has 3 heteroatoms. The van der Waals surface area contributed by atoms with Crippen LogP contribution in [0, 0.1) is 0 Å². The lowest BCUT2D eigenvalue weighted by atomic mass is 10.1. The van der Waals surface area contributed by atoms with Crippen LogP contribution in [-0.2, 0) is 6.42 Å². The molecule has 0 saturated heterocycles. The number of methoxy groups -OCH3 is 1. The van der Waals surface area contributed by atoms with Crippen LogP contribution in [0.4, 0.5) is 0 Å². The second-order valence-corrected chi connectivity index (χ2v) is 4.42. The fourth-order valence-electron chi connectivity index (χ4n) is 1.90. The third-order valence-electron chi connectivity index (χ3n) is 3.12. The normalized spacial score (nSPS) is 12.2. The van der Waals surface area contributed by atoms with Crippen LogP contribution < -0.4 is 14.8 Å². The summed E-state index contributed by atoms with van der Waals surface area (Å²) in [6.07, 6.45) is 3.28. The third kappa shape index (κ3) is 4.22. The van der Waals surface area contributed by atoms with Gasteiger partial charge in [0.05, 0.1) is 7.11 Å². The molecular weight excluding hydrogens is 226 g/mol. The predicted molar refractivity (Wildman–Crippen MR) is 75.6 cm³/mol. The molecule has 0 fully saturated rings. The molecule has 0 heterocycles. The van der Waals surface area contributed by atoms with E-state index in [1.54, 1.807) is 7.11 Å². The van der Waals surface area contributed by atoms with Gasteiger partial charge in [0.15, 0.2) is 11.5 Å². The first-order chi connectivity index (χ1) is 8.74. The zero-order valence-electron chi connectivity index (χ0n) is 12.0. The molecule has 1 aromatic rings. The highest BCUT2D eigenvalue weighted by molar-refractivity contribution is 5.42. The van der Waals surface area contributed by atoms with Crippen molar-refractivity contribution in [1.82, 2.24) is 5.32 Å². The first-order valence-corrected chi connectivity index (χ1v) is 6.72. The second-order valence-electron chi connectivity index (χ2n) is 4.42. The van der Waals surface area contributed by atoms with E-state index in [1.165, 1.54) is 5.56 Å². The molecule has 0 saturated carbocycles. The zero-order valence-corrected chi connectivity index (χ0v) is 12.0. The van der Waals surface area contributed by atoms with Gasteiger partial charge < -0.3 is 14.8 Å². The Labute approximate surface area is 110 Å². The summed E-state index contributed by atoms with van der Waals surface area (Å²) in [5.41, 5.74) is 1.26. The van der Waals surface area contributed by atoms with Gasteiger partial charge >= 0.3 is 0 Å². The average molecular weight is 251 g/mol. The number of hydrogen-bond donors (Lipinski definition) is 1. The molecule has 0 spiro atoms. The van der Waals surface area contributed by atoms with Crippen molar-refractivity contribution < 1.29 is 9.47 Å². The number of aryl methyl sites for hydroxylation is 1. The fourth-order valence-corrected chi connectivity index (χ4v) is 1.90. The molecule has 1 aromatic carbocycles. The van der Waals surface area contributed by atoms with Crippen molar-refractivity contribution in [2.24, 2.45) is 0 Å². The van der Waals surface area contributed by atoms with Gasteiger partial charge in [-0.1, -0.05) is 26.3 Å². The summed E-state index contributed by atoms with van der Waals surface area (Å²) in [7, 11) is 3.66. The summed E-state index contributed by atoms with van der Waals surface area (Å²) in [5.74, 6) is 1.65. The Hall–Kier alpha value is -1.22. The second kappa shape index (κ2) is 7.98. The van der Waals surface area contributed by atoms with Crippen molar-refractivity contribution in [3.8, 4) is 11.5 Å². The summed E-state index contributed by atoms with van der Waals surface area (Å²) in [6.45, 7) is 4.99. The van der Waals surface area contributed by atoms with Crippen LogP contribution in [0.1, 0.15) is 32.3 Å². The van der Waals surface area contributed by atoms with Gasteiger partial charge in [-0.15, -0.1) is 0 Å². The summed E-state index contributed by atoms with van der Waals surface area (Å²) in [4.78, 5) is 0. The highest BCUT2D eigenvalue weighted by Gasteiger charge is 2.09. The molecule has 3 nitrogen and oxygen atoms in total. The van der Waals surface area contributed by atoms with E-state index in [9.17, 15) is 0 Å². The summed E-state index contributed by atoms with van der Waals surface area (Å²) < 4.78 is 11.2. The van der Waals surface area contributed by atoms with Crippen LogP contribution in [0.2, 0.25) is 0 Å². The van der Waals surface area contributed by atoms with Crippen molar-refractivity contribution in [1.29, 1.82) is 0 Å². The standard InChI is InChI=1S/C15H25NO2/c1-5-7-13(16-3)11-18-14-9-8-12(6-2)10-15(14)17-4/h8-10,13,16H,5-7,11H2,1-4H3. The Balaban J connectivity index is 2.65. The number of benzene rings is 1. The Morgan fingerprint density at radius 2 is 2.00 bits per heavy atom. The van der Waals surface area contributed by atoms with E-state index >= 15 is 0 Å². The first-order valence-electron chi connectivity index (χ1n) is 6.72. The van der Waals surface area contributed by atoms with Gasteiger partial charge in [-0.2, -0.15) is 0 Å². The zero-order chi connectivity index (χ0) is 13.4. The van der Waals surface area contributed by atoms with E-state index in [2.05, 4.69) is 25.2 Å². The molecule has 0 amide bonds. The number of rotatable bonds is 8. The maximum Gasteiger partial charge on any atom is 0.161 e. The molecule has 0 aromatic heterocycles. The van der Waals surface area contributed by atoms with Gasteiger partial charge in [0.25, 0.3) is 0 Å². The van der Waals surface area contributed by atoms with E-state index in [1.807, 2.05) is 19.2 Å². The van der Waals surface area contributed by atoms with Gasteiger partial charge in [0, 0.05) is 6.04 Å². The van der Waals surface area contributed by atoms with Gasteiger partial charge in [-0.3, -0.25) is 0 Å². The highest BCUT2D eigenvalue weighted by Crippen LogP contribution is 2.28. The van der Waals surface area contributed by atoms with Crippen LogP contribution in [0.25, 0.3) is 0 Å². The van der Waals surface area contributed by atoms with Crippen molar-refractivity contribution >= 4 is 0 Å². The van der Waals surface area contributed by atoms with E-state index in [0.717, 1.165) is 30.8 Å². The molecule has 0 radical (unpaired) electrons. The molecule has 0 bridgehead atoms. The van der Waals surface area contributed by atoms with Crippen molar-refractivity contribution in [2.45, 2.75) is 39.2 Å². The molecule has 102 valence electrons. The molecule has 1 N–H and O–H groups in total. The Morgan fingerprint density at radius 3 is 2.56 bits per heavy atom. The van der Waals surface area contributed by atoms with Crippen LogP contribution in [0.15, 0.2) is 18.2 Å². The summed E-state index contributed by atoms with van der Waals surface area (Å²) >= 11 is 0. The number of nitrogens with one attached hydrogen (secondary N) is 1. The lowest BCUT2D eigenvalue weighted by Gasteiger charge is -2.18. The summed E-state index contributed by atoms with van der Waals surface area (Å²) in [5, 5.41) is 3.27. The van der Waals surface area contributed by atoms with Crippen LogP contribution in [0.3, 0.4) is 0 Å². The van der Waals surface area contributed by atoms with Gasteiger partial charge in [0.1, 0.15) is 6.61 Å². The van der Waals surface area contributed by atoms with Crippen molar-refractivity contribution in [3.05, 3.63) is 23.8 Å². The minimum Gasteiger partial charge on any atom is -0.493 e. The first kappa shape index (κ1) is 14.8. The molecule has 18 heavy (non-hydrogen) atoms. The molecule has 0 aliphatic carbocycles. The monoisotopic (exact) mass is 251 g/mol.